The first kappa shape index (κ1) is 19.7. The summed E-state index contributed by atoms with van der Waals surface area (Å²) >= 11 is 0. The lowest BCUT2D eigenvalue weighted by Crippen LogP contribution is -2.44. The molecule has 0 fully saturated rings. The maximum atomic E-state index is 13.1. The smallest absolute Gasteiger partial charge is 0.454 e. The van der Waals surface area contributed by atoms with Crippen LogP contribution in [0.3, 0.4) is 0 Å². The molecule has 1 aromatic carbocycles. The summed E-state index contributed by atoms with van der Waals surface area (Å²) in [6, 6.07) is 0.851. The van der Waals surface area contributed by atoms with Gasteiger partial charge in [-0.25, -0.2) is 9.18 Å². The fourth-order valence-electron chi connectivity index (χ4n) is 1.51. The second-order valence-electron chi connectivity index (χ2n) is 4.25. The topological polar surface area (TPSA) is 52.6 Å². The molecule has 24 heavy (non-hydrogen) atoms. The SMILES string of the molecule is CCOC(=O)C(Oc1ccc(F)c(C(F)(F)F)c1)C(=O)C(F)(F)F. The van der Waals surface area contributed by atoms with Gasteiger partial charge in [0.1, 0.15) is 11.6 Å². The summed E-state index contributed by atoms with van der Waals surface area (Å²) in [5, 5.41) is 0. The Morgan fingerprint density at radius 1 is 1.12 bits per heavy atom. The predicted molar refractivity (Wildman–Crippen MR) is 63.5 cm³/mol. The zero-order valence-corrected chi connectivity index (χ0v) is 11.8. The Kier molecular flexibility index (Phi) is 5.80. The van der Waals surface area contributed by atoms with E-state index in [2.05, 4.69) is 9.47 Å². The molecule has 1 aromatic rings. The average Bonchev–Trinajstić information content (AvgIpc) is 2.43. The van der Waals surface area contributed by atoms with Crippen molar-refractivity contribution in [1.29, 1.82) is 0 Å². The largest absolute Gasteiger partial charge is 0.470 e. The highest BCUT2D eigenvalue weighted by molar-refractivity contribution is 6.05. The van der Waals surface area contributed by atoms with Gasteiger partial charge in [-0.3, -0.25) is 4.79 Å². The highest BCUT2D eigenvalue weighted by Gasteiger charge is 2.49. The van der Waals surface area contributed by atoms with Crippen LogP contribution >= 0.6 is 0 Å². The van der Waals surface area contributed by atoms with Crippen LogP contribution in [0.5, 0.6) is 5.75 Å². The van der Waals surface area contributed by atoms with Crippen molar-refractivity contribution in [2.24, 2.45) is 0 Å². The van der Waals surface area contributed by atoms with Gasteiger partial charge in [0.15, 0.2) is 0 Å². The van der Waals surface area contributed by atoms with E-state index < -0.39 is 53.9 Å². The van der Waals surface area contributed by atoms with Crippen LogP contribution in [-0.2, 0) is 20.5 Å². The second-order valence-corrected chi connectivity index (χ2v) is 4.25. The van der Waals surface area contributed by atoms with Crippen LogP contribution < -0.4 is 4.74 Å². The minimum atomic E-state index is -5.50. The van der Waals surface area contributed by atoms with E-state index in [-0.39, 0.29) is 12.1 Å². The molecule has 0 aliphatic carbocycles. The monoisotopic (exact) mass is 362 g/mol. The van der Waals surface area contributed by atoms with Gasteiger partial charge in [-0.2, -0.15) is 26.3 Å². The normalized spacial score (nSPS) is 13.3. The van der Waals surface area contributed by atoms with Crippen molar-refractivity contribution in [3.05, 3.63) is 29.6 Å². The van der Waals surface area contributed by atoms with E-state index in [1.807, 2.05) is 0 Å². The molecule has 0 N–H and O–H groups in total. The van der Waals surface area contributed by atoms with Crippen molar-refractivity contribution in [3.8, 4) is 5.75 Å². The Labute approximate surface area is 130 Å². The number of esters is 1. The lowest BCUT2D eigenvalue weighted by Gasteiger charge is -2.18. The Morgan fingerprint density at radius 3 is 2.17 bits per heavy atom. The molecule has 0 saturated heterocycles. The summed E-state index contributed by atoms with van der Waals surface area (Å²) in [4.78, 5) is 22.6. The van der Waals surface area contributed by atoms with Gasteiger partial charge in [-0.1, -0.05) is 0 Å². The summed E-state index contributed by atoms with van der Waals surface area (Å²) < 4.78 is 96.8. The number of alkyl halides is 6. The van der Waals surface area contributed by atoms with Gasteiger partial charge < -0.3 is 9.47 Å². The van der Waals surface area contributed by atoms with Crippen molar-refractivity contribution < 1.29 is 49.8 Å². The number of carbonyl (C=O) groups excluding carboxylic acids is 2. The van der Waals surface area contributed by atoms with Crippen LogP contribution in [0, 0.1) is 5.82 Å². The van der Waals surface area contributed by atoms with Crippen LogP contribution in [-0.4, -0.2) is 30.6 Å². The third kappa shape index (κ3) is 4.83. The van der Waals surface area contributed by atoms with E-state index >= 15 is 0 Å². The molecule has 1 rings (SSSR count). The molecule has 0 amide bonds. The maximum absolute atomic E-state index is 13.1. The quantitative estimate of drug-likeness (QED) is 0.458. The van der Waals surface area contributed by atoms with Crippen LogP contribution in [0.2, 0.25) is 0 Å². The number of ether oxygens (including phenoxy) is 2. The lowest BCUT2D eigenvalue weighted by atomic mass is 10.2. The molecule has 0 saturated carbocycles. The molecule has 11 heteroatoms. The van der Waals surface area contributed by atoms with E-state index in [1.165, 1.54) is 6.92 Å². The number of Topliss-reactive ketones (excluding diaryl/α,β-unsaturated/α-hetero) is 1. The summed E-state index contributed by atoms with van der Waals surface area (Å²) in [6.07, 6.45) is -13.5. The van der Waals surface area contributed by atoms with Gasteiger partial charge >= 0.3 is 18.3 Å². The Bertz CT molecular complexity index is 622. The van der Waals surface area contributed by atoms with E-state index in [1.54, 1.807) is 0 Å². The second kappa shape index (κ2) is 7.05. The summed E-state index contributed by atoms with van der Waals surface area (Å²) in [5.74, 6) is -7.07. The maximum Gasteiger partial charge on any atom is 0.454 e. The zero-order valence-electron chi connectivity index (χ0n) is 11.8. The summed E-state index contributed by atoms with van der Waals surface area (Å²) in [5.41, 5.74) is -1.83. The molecular formula is C13H9F7O4. The molecule has 4 nitrogen and oxygen atoms in total. The molecular weight excluding hydrogens is 353 g/mol. The van der Waals surface area contributed by atoms with E-state index in [0.717, 1.165) is 0 Å². The van der Waals surface area contributed by atoms with Gasteiger partial charge in [-0.05, 0) is 25.1 Å². The summed E-state index contributed by atoms with van der Waals surface area (Å²) in [6.45, 7) is 0.827. The van der Waals surface area contributed by atoms with Gasteiger partial charge in [0.25, 0.3) is 11.9 Å². The number of halogens is 7. The molecule has 0 aliphatic heterocycles. The minimum absolute atomic E-state index is 0.0329. The summed E-state index contributed by atoms with van der Waals surface area (Å²) in [7, 11) is 0. The Morgan fingerprint density at radius 2 is 1.71 bits per heavy atom. The van der Waals surface area contributed by atoms with Gasteiger partial charge in [0, 0.05) is 0 Å². The standard InChI is InChI=1S/C13H9F7O4/c1-2-23-11(22)9(10(21)13(18,19)20)24-6-3-4-8(14)7(5-6)12(15,16)17/h3-5,9H,2H2,1H3. The van der Waals surface area contributed by atoms with Crippen molar-refractivity contribution in [3.63, 3.8) is 0 Å². The van der Waals surface area contributed by atoms with Crippen LogP contribution in [0.1, 0.15) is 12.5 Å². The van der Waals surface area contributed by atoms with Crippen molar-refractivity contribution in [2.75, 3.05) is 6.61 Å². The molecule has 1 unspecified atom stereocenters. The van der Waals surface area contributed by atoms with E-state index in [9.17, 15) is 40.3 Å². The lowest BCUT2D eigenvalue weighted by molar-refractivity contribution is -0.184. The van der Waals surface area contributed by atoms with Crippen molar-refractivity contribution in [1.82, 2.24) is 0 Å². The van der Waals surface area contributed by atoms with Gasteiger partial charge in [0.05, 0.1) is 12.2 Å². The predicted octanol–water partition coefficient (Wildman–Crippen LogP) is 3.29. The number of carbonyl (C=O) groups is 2. The highest BCUT2D eigenvalue weighted by Crippen LogP contribution is 2.34. The fraction of sp³-hybridized carbons (Fsp3) is 0.385. The number of ketones is 1. The zero-order chi connectivity index (χ0) is 18.7. The van der Waals surface area contributed by atoms with Crippen LogP contribution in [0.4, 0.5) is 30.7 Å². The fourth-order valence-corrected chi connectivity index (χ4v) is 1.51. The third-order valence-electron chi connectivity index (χ3n) is 2.52. The molecule has 1 atom stereocenters. The third-order valence-corrected chi connectivity index (χ3v) is 2.52. The molecule has 0 aromatic heterocycles. The number of rotatable bonds is 5. The molecule has 0 radical (unpaired) electrons. The van der Waals surface area contributed by atoms with Crippen LogP contribution in [0.25, 0.3) is 0 Å². The molecule has 134 valence electrons. The van der Waals surface area contributed by atoms with Gasteiger partial charge in [-0.15, -0.1) is 0 Å². The molecule has 0 bridgehead atoms. The average molecular weight is 362 g/mol. The first-order chi connectivity index (χ1) is 10.9. The van der Waals surface area contributed by atoms with Gasteiger partial charge in [0.2, 0.25) is 0 Å². The van der Waals surface area contributed by atoms with E-state index in [0.29, 0.717) is 6.07 Å². The van der Waals surface area contributed by atoms with Crippen molar-refractivity contribution >= 4 is 11.8 Å². The molecule has 0 aliphatic rings. The van der Waals surface area contributed by atoms with Crippen LogP contribution in [0.15, 0.2) is 18.2 Å². The van der Waals surface area contributed by atoms with E-state index in [4.69, 9.17) is 0 Å². The highest BCUT2D eigenvalue weighted by atomic mass is 19.4. The Hall–Kier alpha value is -2.33. The molecule has 0 heterocycles. The first-order valence-corrected chi connectivity index (χ1v) is 6.19. The minimum Gasteiger partial charge on any atom is -0.470 e. The Balaban J connectivity index is 3.20. The number of hydrogen-bond acceptors (Lipinski definition) is 4. The van der Waals surface area contributed by atoms with Crippen molar-refractivity contribution in [2.45, 2.75) is 25.4 Å². The first-order valence-electron chi connectivity index (χ1n) is 6.19. The number of hydrogen-bond donors (Lipinski definition) is 0. The number of benzene rings is 1. The molecule has 0 spiro atoms.